The van der Waals surface area contributed by atoms with Crippen molar-refractivity contribution in [2.45, 2.75) is 77.6 Å². The molecule has 0 aromatic heterocycles. The maximum Gasteiger partial charge on any atom is 0.0567 e. The minimum Gasteiger partial charge on any atom is -0.380 e. The number of hydrogen-bond donors (Lipinski definition) is 0. The van der Waals surface area contributed by atoms with Crippen molar-refractivity contribution in [3.63, 3.8) is 0 Å². The summed E-state index contributed by atoms with van der Waals surface area (Å²) in [5, 5.41) is 1.12. The molecule has 2 rings (SSSR count). The molecule has 2 fully saturated rings. The van der Waals surface area contributed by atoms with E-state index < -0.39 is 0 Å². The van der Waals surface area contributed by atoms with E-state index in [1.807, 2.05) is 0 Å². The number of alkyl halides is 3. The highest BCUT2D eigenvalue weighted by atomic mass is 79.9. The molecule has 2 nitrogen and oxygen atoms in total. The fraction of sp³-hybridized carbons (Fsp3) is 1.00. The van der Waals surface area contributed by atoms with E-state index in [1.165, 1.54) is 70.6 Å². The quantitative estimate of drug-likeness (QED) is 0.196. The van der Waals surface area contributed by atoms with Gasteiger partial charge in [-0.05, 0) is 6.42 Å². The highest BCUT2D eigenvalue weighted by Gasteiger charge is 2.37. The first-order valence-electron chi connectivity index (χ1n) is 10.5. The van der Waals surface area contributed by atoms with Crippen molar-refractivity contribution in [3.8, 4) is 0 Å². The molecule has 5 heteroatoms. The van der Waals surface area contributed by atoms with E-state index in [9.17, 15) is 0 Å². The van der Waals surface area contributed by atoms with Crippen LogP contribution < -0.4 is 0 Å². The monoisotopic (exact) mass is 472 g/mol. The minimum atomic E-state index is 0.114. The Morgan fingerprint density at radius 1 is 0.692 bits per heavy atom. The second-order valence-corrected chi connectivity index (χ2v) is 9.41. The highest BCUT2D eigenvalue weighted by molar-refractivity contribution is 9.09. The van der Waals surface area contributed by atoms with Crippen LogP contribution >= 0.6 is 39.1 Å². The maximum atomic E-state index is 5.60. The Hall–Kier alpha value is 0.980. The molecule has 0 aromatic rings. The van der Waals surface area contributed by atoms with E-state index >= 15 is 0 Å². The molecule has 0 aliphatic carbocycles. The average Bonchev–Trinajstić information content (AvgIpc) is 2.59. The van der Waals surface area contributed by atoms with E-state index in [0.29, 0.717) is 17.2 Å². The molecule has 0 amide bonds. The van der Waals surface area contributed by atoms with Crippen LogP contribution in [0.2, 0.25) is 0 Å². The van der Waals surface area contributed by atoms with E-state index in [1.54, 1.807) is 0 Å². The Balaban J connectivity index is 0.000000350. The van der Waals surface area contributed by atoms with Gasteiger partial charge in [0, 0.05) is 27.9 Å². The molecule has 156 valence electrons. The minimum absolute atomic E-state index is 0.114. The van der Waals surface area contributed by atoms with Crippen LogP contribution in [-0.2, 0) is 9.47 Å². The second-order valence-electron chi connectivity index (χ2n) is 8.32. The molecule has 26 heavy (non-hydrogen) atoms. The number of rotatable bonds is 14. The molecule has 0 spiro atoms. The Kier molecular flexibility index (Phi) is 14.3. The van der Waals surface area contributed by atoms with Gasteiger partial charge in [0.2, 0.25) is 0 Å². The first kappa shape index (κ1) is 25.0. The van der Waals surface area contributed by atoms with Crippen LogP contribution in [0.3, 0.4) is 0 Å². The lowest BCUT2D eigenvalue weighted by Gasteiger charge is -2.40. The predicted octanol–water partition coefficient (Wildman–Crippen LogP) is 7.19. The van der Waals surface area contributed by atoms with E-state index in [4.69, 9.17) is 32.7 Å². The number of ether oxygens (including phenoxy) is 2. The van der Waals surface area contributed by atoms with Crippen molar-refractivity contribution in [1.29, 1.82) is 0 Å². The number of unbranched alkanes of at least 4 members (excludes halogenated alkanes) is 9. The lowest BCUT2D eigenvalue weighted by Crippen LogP contribution is -2.45. The van der Waals surface area contributed by atoms with Gasteiger partial charge in [-0.15, -0.1) is 23.2 Å². The van der Waals surface area contributed by atoms with E-state index in [0.717, 1.165) is 31.8 Å². The van der Waals surface area contributed by atoms with Crippen molar-refractivity contribution in [3.05, 3.63) is 0 Å². The predicted molar refractivity (Wildman–Crippen MR) is 118 cm³/mol. The summed E-state index contributed by atoms with van der Waals surface area (Å²) in [5.74, 6) is 1.24. The Morgan fingerprint density at radius 2 is 1.12 bits per heavy atom. The van der Waals surface area contributed by atoms with Crippen LogP contribution in [0.1, 0.15) is 77.6 Å². The lowest BCUT2D eigenvalue weighted by atomic mass is 9.83. The van der Waals surface area contributed by atoms with Crippen molar-refractivity contribution >= 4 is 39.1 Å². The van der Waals surface area contributed by atoms with Gasteiger partial charge < -0.3 is 9.47 Å². The zero-order valence-corrected chi connectivity index (χ0v) is 19.8. The topological polar surface area (TPSA) is 18.5 Å². The molecule has 2 aliphatic rings. The third kappa shape index (κ3) is 9.45. The standard InChI is InChI=1S/C16H31BrO.C5H8Cl2O/c1-2-3-4-5-6-7-8-9-10-11-12-16(13-17)14-18-15-16;6-1-5(2-7)3-8-4-5/h2-15H2,1H3;1-4H2. The van der Waals surface area contributed by atoms with Gasteiger partial charge >= 0.3 is 0 Å². The fourth-order valence-electron chi connectivity index (χ4n) is 3.25. The van der Waals surface area contributed by atoms with Gasteiger partial charge in [0.15, 0.2) is 0 Å². The van der Waals surface area contributed by atoms with Crippen LogP contribution in [0.15, 0.2) is 0 Å². The van der Waals surface area contributed by atoms with Crippen molar-refractivity contribution in [2.24, 2.45) is 10.8 Å². The zero-order valence-electron chi connectivity index (χ0n) is 16.7. The van der Waals surface area contributed by atoms with Crippen molar-refractivity contribution < 1.29 is 9.47 Å². The molecule has 2 saturated heterocycles. The van der Waals surface area contributed by atoms with Crippen LogP contribution in [0.25, 0.3) is 0 Å². The molecule has 0 unspecified atom stereocenters. The molecular formula is C21H39BrCl2O2. The molecule has 0 radical (unpaired) electrons. The first-order chi connectivity index (χ1) is 12.7. The zero-order chi connectivity index (χ0) is 19.1. The van der Waals surface area contributed by atoms with Crippen molar-refractivity contribution in [2.75, 3.05) is 43.5 Å². The van der Waals surface area contributed by atoms with Gasteiger partial charge in [-0.1, -0.05) is 87.1 Å². The summed E-state index contributed by atoms with van der Waals surface area (Å²) in [5.41, 5.74) is 0.614. The second kappa shape index (κ2) is 14.9. The lowest BCUT2D eigenvalue weighted by molar-refractivity contribution is -0.102. The van der Waals surface area contributed by atoms with Gasteiger partial charge in [0.25, 0.3) is 0 Å². The summed E-state index contributed by atoms with van der Waals surface area (Å²) >= 11 is 14.8. The molecule has 0 atom stereocenters. The molecule has 2 heterocycles. The molecule has 2 aliphatic heterocycles. The summed E-state index contributed by atoms with van der Waals surface area (Å²) in [6.07, 6.45) is 15.7. The van der Waals surface area contributed by atoms with Crippen LogP contribution in [0.5, 0.6) is 0 Å². The van der Waals surface area contributed by atoms with E-state index in [2.05, 4.69) is 22.9 Å². The largest absolute Gasteiger partial charge is 0.380 e. The Bertz CT molecular complexity index is 315. The molecule has 0 aromatic carbocycles. The number of halogens is 3. The third-order valence-corrected chi connectivity index (χ3v) is 7.87. The van der Waals surface area contributed by atoms with Crippen LogP contribution in [-0.4, -0.2) is 43.5 Å². The molecule has 0 saturated carbocycles. The highest BCUT2D eigenvalue weighted by Crippen LogP contribution is 2.35. The van der Waals surface area contributed by atoms with E-state index in [-0.39, 0.29) is 5.41 Å². The van der Waals surface area contributed by atoms with Crippen LogP contribution in [0, 0.1) is 10.8 Å². The SMILES string of the molecule is CCCCCCCCCCCCC1(CBr)COC1.ClCC1(CCl)COC1. The van der Waals surface area contributed by atoms with Gasteiger partial charge in [0.05, 0.1) is 26.4 Å². The van der Waals surface area contributed by atoms with Gasteiger partial charge in [-0.2, -0.15) is 0 Å². The molecule has 0 N–H and O–H groups in total. The Morgan fingerprint density at radius 3 is 1.38 bits per heavy atom. The summed E-state index contributed by atoms with van der Waals surface area (Å²) in [6, 6.07) is 0. The average molecular weight is 474 g/mol. The van der Waals surface area contributed by atoms with Gasteiger partial charge in [0.1, 0.15) is 0 Å². The maximum absolute atomic E-state index is 5.60. The number of hydrogen-bond acceptors (Lipinski definition) is 2. The van der Waals surface area contributed by atoms with Crippen molar-refractivity contribution in [1.82, 2.24) is 0 Å². The molecular weight excluding hydrogens is 435 g/mol. The normalized spacial score (nSPS) is 19.8. The third-order valence-electron chi connectivity index (χ3n) is 5.54. The smallest absolute Gasteiger partial charge is 0.0567 e. The summed E-state index contributed by atoms with van der Waals surface area (Å²) in [4.78, 5) is 0. The summed E-state index contributed by atoms with van der Waals surface area (Å²) in [6.45, 7) is 5.72. The first-order valence-corrected chi connectivity index (χ1v) is 12.7. The summed E-state index contributed by atoms with van der Waals surface area (Å²) in [7, 11) is 0. The molecule has 0 bridgehead atoms. The van der Waals surface area contributed by atoms with Gasteiger partial charge in [-0.3, -0.25) is 0 Å². The summed E-state index contributed by atoms with van der Waals surface area (Å²) < 4.78 is 10.3. The van der Waals surface area contributed by atoms with Gasteiger partial charge in [-0.25, -0.2) is 0 Å². The Labute approximate surface area is 180 Å². The van der Waals surface area contributed by atoms with Crippen LogP contribution in [0.4, 0.5) is 0 Å². The fourth-order valence-corrected chi connectivity index (χ4v) is 4.45.